The number of hydrogen-bond acceptors (Lipinski definition) is 5. The molecular weight excluding hydrogens is 229 g/mol. The van der Waals surface area contributed by atoms with Crippen LogP contribution in [0.2, 0.25) is 0 Å². The van der Waals surface area contributed by atoms with Gasteiger partial charge in [-0.1, -0.05) is 0 Å². The molecule has 1 aromatic rings. The molecule has 0 atom stereocenters. The fourth-order valence-corrected chi connectivity index (χ4v) is 1.06. The van der Waals surface area contributed by atoms with Gasteiger partial charge in [0.15, 0.2) is 6.29 Å². The van der Waals surface area contributed by atoms with Crippen molar-refractivity contribution in [2.45, 2.75) is 12.9 Å². The second-order valence-corrected chi connectivity index (χ2v) is 2.71. The molecule has 1 rings (SSSR count). The number of aldehydes is 1. The first-order valence-corrected chi connectivity index (χ1v) is 4.01. The summed E-state index contributed by atoms with van der Waals surface area (Å²) in [5.74, 6) is -1.39. The summed E-state index contributed by atoms with van der Waals surface area (Å²) < 4.78 is 39.4. The standard InChI is InChI=1S/C8H7F3N2O3/c9-8(10,11)16-7-4(1-12)5(3-14)6(15)2-13-7/h2-3,15H,1,12H2. The Morgan fingerprint density at radius 3 is 2.62 bits per heavy atom. The van der Waals surface area contributed by atoms with Crippen LogP contribution < -0.4 is 10.5 Å². The number of aromatic hydroxyl groups is 1. The van der Waals surface area contributed by atoms with Gasteiger partial charge in [0.1, 0.15) is 5.75 Å². The van der Waals surface area contributed by atoms with E-state index in [1.54, 1.807) is 0 Å². The van der Waals surface area contributed by atoms with Gasteiger partial charge in [-0.25, -0.2) is 4.98 Å². The lowest BCUT2D eigenvalue weighted by Crippen LogP contribution is -2.20. The van der Waals surface area contributed by atoms with E-state index in [0.717, 1.165) is 0 Å². The van der Waals surface area contributed by atoms with Gasteiger partial charge in [0, 0.05) is 12.1 Å². The molecule has 0 aliphatic rings. The van der Waals surface area contributed by atoms with Gasteiger partial charge < -0.3 is 15.6 Å². The van der Waals surface area contributed by atoms with Crippen molar-refractivity contribution in [2.75, 3.05) is 0 Å². The zero-order valence-corrected chi connectivity index (χ0v) is 7.78. The van der Waals surface area contributed by atoms with Crippen LogP contribution in [0.1, 0.15) is 15.9 Å². The molecule has 8 heteroatoms. The number of ether oxygens (including phenoxy) is 1. The van der Waals surface area contributed by atoms with Gasteiger partial charge in [-0.15, -0.1) is 13.2 Å². The lowest BCUT2D eigenvalue weighted by molar-refractivity contribution is -0.276. The number of nitrogens with zero attached hydrogens (tertiary/aromatic N) is 1. The van der Waals surface area contributed by atoms with Crippen LogP contribution in [-0.2, 0) is 6.54 Å². The van der Waals surface area contributed by atoms with Crippen LogP contribution >= 0.6 is 0 Å². The van der Waals surface area contributed by atoms with E-state index in [9.17, 15) is 18.0 Å². The van der Waals surface area contributed by atoms with Gasteiger partial charge in [-0.3, -0.25) is 4.79 Å². The molecule has 0 spiro atoms. The topological polar surface area (TPSA) is 85.4 Å². The Labute approximate surface area is 87.7 Å². The van der Waals surface area contributed by atoms with E-state index >= 15 is 0 Å². The number of aromatic nitrogens is 1. The monoisotopic (exact) mass is 236 g/mol. The number of hydrogen-bond donors (Lipinski definition) is 2. The zero-order chi connectivity index (χ0) is 12.3. The summed E-state index contributed by atoms with van der Waals surface area (Å²) in [6, 6.07) is 0. The molecule has 0 aliphatic heterocycles. The van der Waals surface area contributed by atoms with Gasteiger partial charge in [0.25, 0.3) is 0 Å². The molecule has 0 unspecified atom stereocenters. The molecule has 0 aliphatic carbocycles. The summed E-state index contributed by atoms with van der Waals surface area (Å²) in [5.41, 5.74) is 4.49. The Balaban J connectivity index is 3.25. The largest absolute Gasteiger partial charge is 0.574 e. The number of nitrogens with two attached hydrogens (primary N) is 1. The van der Waals surface area contributed by atoms with Gasteiger partial charge in [0.05, 0.1) is 11.8 Å². The van der Waals surface area contributed by atoms with Crippen molar-refractivity contribution >= 4 is 6.29 Å². The minimum absolute atomic E-state index is 0.183. The van der Waals surface area contributed by atoms with Crippen molar-refractivity contribution in [3.8, 4) is 11.6 Å². The quantitative estimate of drug-likeness (QED) is 0.763. The van der Waals surface area contributed by atoms with Crippen molar-refractivity contribution in [3.05, 3.63) is 17.3 Å². The van der Waals surface area contributed by atoms with Crippen LogP contribution in [0, 0.1) is 0 Å². The van der Waals surface area contributed by atoms with Crippen molar-refractivity contribution in [1.29, 1.82) is 0 Å². The predicted octanol–water partition coefficient (Wildman–Crippen LogP) is 0.957. The van der Waals surface area contributed by atoms with Crippen molar-refractivity contribution in [1.82, 2.24) is 4.98 Å². The van der Waals surface area contributed by atoms with Crippen molar-refractivity contribution < 1.29 is 27.8 Å². The summed E-state index contributed by atoms with van der Waals surface area (Å²) in [7, 11) is 0. The van der Waals surface area contributed by atoms with Crippen LogP contribution in [0.15, 0.2) is 6.20 Å². The molecule has 88 valence electrons. The SMILES string of the molecule is NCc1c(OC(F)(F)F)ncc(O)c1C=O. The van der Waals surface area contributed by atoms with E-state index in [0.29, 0.717) is 6.20 Å². The van der Waals surface area contributed by atoms with Crippen molar-refractivity contribution in [2.24, 2.45) is 5.73 Å². The van der Waals surface area contributed by atoms with Gasteiger partial charge in [0.2, 0.25) is 5.88 Å². The van der Waals surface area contributed by atoms with E-state index < -0.39 is 24.5 Å². The Kier molecular flexibility index (Phi) is 3.33. The minimum atomic E-state index is -4.94. The van der Waals surface area contributed by atoms with Gasteiger partial charge in [-0.2, -0.15) is 0 Å². The molecule has 0 aromatic carbocycles. The molecule has 0 bridgehead atoms. The maximum absolute atomic E-state index is 11.9. The van der Waals surface area contributed by atoms with Gasteiger partial charge >= 0.3 is 6.36 Å². The minimum Gasteiger partial charge on any atom is -0.506 e. The Morgan fingerprint density at radius 1 is 1.56 bits per heavy atom. The van der Waals surface area contributed by atoms with Crippen LogP contribution in [0.25, 0.3) is 0 Å². The number of pyridine rings is 1. The first-order valence-electron chi connectivity index (χ1n) is 4.01. The average molecular weight is 236 g/mol. The number of halogens is 3. The maximum Gasteiger partial charge on any atom is 0.574 e. The predicted molar refractivity (Wildman–Crippen MR) is 45.9 cm³/mol. The fourth-order valence-electron chi connectivity index (χ4n) is 1.06. The molecule has 16 heavy (non-hydrogen) atoms. The average Bonchev–Trinajstić information content (AvgIpc) is 2.18. The second kappa shape index (κ2) is 4.35. The zero-order valence-electron chi connectivity index (χ0n) is 7.78. The first-order chi connectivity index (χ1) is 7.39. The normalized spacial score (nSPS) is 11.2. The smallest absolute Gasteiger partial charge is 0.506 e. The summed E-state index contributed by atoms with van der Waals surface area (Å²) in [6.07, 6.45) is -4.07. The highest BCUT2D eigenvalue weighted by atomic mass is 19.4. The summed E-state index contributed by atoms with van der Waals surface area (Å²) in [4.78, 5) is 13.8. The molecule has 0 saturated heterocycles. The summed E-state index contributed by atoms with van der Waals surface area (Å²) in [6.45, 7) is -0.416. The molecular formula is C8H7F3N2O3. The number of alkyl halides is 3. The molecule has 5 nitrogen and oxygen atoms in total. The second-order valence-electron chi connectivity index (χ2n) is 2.71. The molecule has 3 N–H and O–H groups in total. The van der Waals surface area contributed by atoms with E-state index in [-0.39, 0.29) is 17.4 Å². The number of carbonyl (C=O) groups is 1. The molecule has 0 amide bonds. The van der Waals surface area contributed by atoms with E-state index in [4.69, 9.17) is 10.8 Å². The van der Waals surface area contributed by atoms with Crippen LogP contribution in [0.5, 0.6) is 11.6 Å². The van der Waals surface area contributed by atoms with Crippen molar-refractivity contribution in [3.63, 3.8) is 0 Å². The van der Waals surface area contributed by atoms with E-state index in [1.807, 2.05) is 0 Å². The van der Waals surface area contributed by atoms with Crippen LogP contribution in [-0.4, -0.2) is 22.7 Å². The Bertz CT molecular complexity index is 406. The third kappa shape index (κ3) is 2.60. The molecule has 0 radical (unpaired) electrons. The number of carbonyl (C=O) groups excluding carboxylic acids is 1. The third-order valence-corrected chi connectivity index (χ3v) is 1.70. The highest BCUT2D eigenvalue weighted by Gasteiger charge is 2.33. The van der Waals surface area contributed by atoms with E-state index in [2.05, 4.69) is 9.72 Å². The summed E-state index contributed by atoms with van der Waals surface area (Å²) >= 11 is 0. The Morgan fingerprint density at radius 2 is 2.19 bits per heavy atom. The molecule has 0 saturated carbocycles. The highest BCUT2D eigenvalue weighted by Crippen LogP contribution is 2.29. The lowest BCUT2D eigenvalue weighted by Gasteiger charge is -2.12. The number of rotatable bonds is 3. The molecule has 1 heterocycles. The van der Waals surface area contributed by atoms with Crippen LogP contribution in [0.3, 0.4) is 0 Å². The lowest BCUT2D eigenvalue weighted by atomic mass is 10.1. The van der Waals surface area contributed by atoms with Crippen LogP contribution in [0.4, 0.5) is 13.2 Å². The summed E-state index contributed by atoms with van der Waals surface area (Å²) in [5, 5.41) is 9.16. The van der Waals surface area contributed by atoms with Gasteiger partial charge in [-0.05, 0) is 0 Å². The fraction of sp³-hybridized carbons (Fsp3) is 0.250. The molecule has 1 aromatic heterocycles. The Hall–Kier alpha value is -1.83. The first kappa shape index (κ1) is 12.2. The van der Waals surface area contributed by atoms with E-state index in [1.165, 1.54) is 0 Å². The molecule has 0 fully saturated rings. The highest BCUT2D eigenvalue weighted by molar-refractivity contribution is 5.82. The third-order valence-electron chi connectivity index (χ3n) is 1.70. The maximum atomic E-state index is 11.9.